The SMILES string of the molecule is CSCCN=CC(C=O)=NN. The summed E-state index contributed by atoms with van der Waals surface area (Å²) in [5.41, 5.74) is 0.172. The van der Waals surface area contributed by atoms with Gasteiger partial charge in [-0.25, -0.2) is 0 Å². The van der Waals surface area contributed by atoms with Gasteiger partial charge in [0.05, 0.1) is 6.21 Å². The summed E-state index contributed by atoms with van der Waals surface area (Å²) in [5, 5.41) is 3.20. The average Bonchev–Trinajstić information content (AvgIpc) is 2.05. The van der Waals surface area contributed by atoms with E-state index >= 15 is 0 Å². The molecule has 0 bridgehead atoms. The molecule has 5 heteroatoms. The number of hydrazone groups is 1. The van der Waals surface area contributed by atoms with E-state index in [9.17, 15) is 4.79 Å². The number of hydrogen-bond acceptors (Lipinski definition) is 5. The number of nitrogens with two attached hydrogens (primary N) is 1. The molecule has 0 aliphatic heterocycles. The molecule has 0 unspecified atom stereocenters. The molecule has 0 saturated carbocycles. The highest BCUT2D eigenvalue weighted by Gasteiger charge is 1.87. The van der Waals surface area contributed by atoms with Crippen LogP contribution in [0.3, 0.4) is 0 Å². The smallest absolute Gasteiger partial charge is 0.171 e. The lowest BCUT2D eigenvalue weighted by atomic mass is 10.4. The van der Waals surface area contributed by atoms with E-state index in [1.165, 1.54) is 6.21 Å². The van der Waals surface area contributed by atoms with E-state index in [4.69, 9.17) is 5.84 Å². The highest BCUT2D eigenvalue weighted by Crippen LogP contribution is 1.88. The van der Waals surface area contributed by atoms with Gasteiger partial charge in [0.1, 0.15) is 5.71 Å². The van der Waals surface area contributed by atoms with Crippen LogP contribution in [0.5, 0.6) is 0 Å². The first-order valence-corrected chi connectivity index (χ1v) is 4.46. The van der Waals surface area contributed by atoms with Crippen LogP contribution < -0.4 is 5.84 Å². The summed E-state index contributed by atoms with van der Waals surface area (Å²) < 4.78 is 0. The lowest BCUT2D eigenvalue weighted by Crippen LogP contribution is -2.05. The molecule has 11 heavy (non-hydrogen) atoms. The van der Waals surface area contributed by atoms with Crippen molar-refractivity contribution in [3.8, 4) is 0 Å². The number of rotatable bonds is 5. The van der Waals surface area contributed by atoms with Gasteiger partial charge in [-0.2, -0.15) is 16.9 Å². The van der Waals surface area contributed by atoms with Crippen LogP contribution in [0.4, 0.5) is 0 Å². The van der Waals surface area contributed by atoms with Crippen molar-refractivity contribution in [1.82, 2.24) is 0 Å². The first kappa shape index (κ1) is 10.2. The van der Waals surface area contributed by atoms with Crippen LogP contribution in [0.25, 0.3) is 0 Å². The molecule has 4 nitrogen and oxygen atoms in total. The minimum atomic E-state index is 0.172. The third-order valence-electron chi connectivity index (χ3n) is 0.918. The van der Waals surface area contributed by atoms with Crippen molar-refractivity contribution in [2.75, 3.05) is 18.6 Å². The lowest BCUT2D eigenvalue weighted by molar-refractivity contribution is -0.102. The highest BCUT2D eigenvalue weighted by molar-refractivity contribution is 7.98. The summed E-state index contributed by atoms with van der Waals surface area (Å²) in [6.07, 6.45) is 3.94. The number of carbonyl (C=O) groups excluding carboxylic acids is 1. The maximum Gasteiger partial charge on any atom is 0.171 e. The van der Waals surface area contributed by atoms with Gasteiger partial charge in [0, 0.05) is 12.3 Å². The topological polar surface area (TPSA) is 67.8 Å². The number of nitrogens with zero attached hydrogens (tertiary/aromatic N) is 2. The van der Waals surface area contributed by atoms with Crippen LogP contribution in [0, 0.1) is 0 Å². The number of aldehydes is 1. The third-order valence-corrected chi connectivity index (χ3v) is 1.51. The van der Waals surface area contributed by atoms with E-state index in [2.05, 4.69) is 10.1 Å². The van der Waals surface area contributed by atoms with Crippen LogP contribution in [0.2, 0.25) is 0 Å². The van der Waals surface area contributed by atoms with E-state index in [1.807, 2.05) is 6.26 Å². The summed E-state index contributed by atoms with van der Waals surface area (Å²) in [6, 6.07) is 0. The summed E-state index contributed by atoms with van der Waals surface area (Å²) >= 11 is 1.70. The van der Waals surface area contributed by atoms with Crippen molar-refractivity contribution < 1.29 is 4.79 Å². The fraction of sp³-hybridized carbons (Fsp3) is 0.500. The van der Waals surface area contributed by atoms with Crippen LogP contribution in [0.15, 0.2) is 10.1 Å². The molecule has 0 atom stereocenters. The fourth-order valence-electron chi connectivity index (χ4n) is 0.396. The van der Waals surface area contributed by atoms with E-state index in [-0.39, 0.29) is 5.71 Å². The average molecular weight is 173 g/mol. The van der Waals surface area contributed by atoms with Crippen LogP contribution in [0.1, 0.15) is 0 Å². The molecule has 0 aliphatic carbocycles. The molecule has 0 fully saturated rings. The molecule has 0 rings (SSSR count). The van der Waals surface area contributed by atoms with E-state index in [0.29, 0.717) is 12.8 Å². The molecule has 2 N–H and O–H groups in total. The summed E-state index contributed by atoms with van der Waals surface area (Å²) in [4.78, 5) is 14.0. The molecule has 0 amide bonds. The quantitative estimate of drug-likeness (QED) is 0.208. The Morgan fingerprint density at radius 2 is 2.45 bits per heavy atom. The zero-order chi connectivity index (χ0) is 8.53. The molecule has 62 valence electrons. The van der Waals surface area contributed by atoms with Crippen molar-refractivity contribution in [3.05, 3.63) is 0 Å². The predicted octanol–water partition coefficient (Wildman–Crippen LogP) is -0.0662. The number of aliphatic imine (C=N–C) groups is 1. The molecule has 0 aliphatic rings. The molecule has 0 saturated heterocycles. The first-order chi connectivity index (χ1) is 5.35. The Bertz CT molecular complexity index is 167. The van der Waals surface area contributed by atoms with Crippen molar-refractivity contribution in [2.24, 2.45) is 15.9 Å². The van der Waals surface area contributed by atoms with Gasteiger partial charge in [-0.3, -0.25) is 9.79 Å². The number of hydrogen-bond donors (Lipinski definition) is 1. The van der Waals surface area contributed by atoms with Crippen LogP contribution in [-0.4, -0.2) is 36.8 Å². The second-order valence-corrected chi connectivity index (χ2v) is 2.69. The van der Waals surface area contributed by atoms with Gasteiger partial charge in [0.15, 0.2) is 6.29 Å². The molecular weight excluding hydrogens is 162 g/mol. The van der Waals surface area contributed by atoms with Crippen molar-refractivity contribution >= 4 is 30.0 Å². The van der Waals surface area contributed by atoms with Gasteiger partial charge in [0.25, 0.3) is 0 Å². The molecule has 0 heterocycles. The molecular formula is C6H11N3OS. The van der Waals surface area contributed by atoms with Gasteiger partial charge in [-0.15, -0.1) is 0 Å². The molecule has 0 aromatic carbocycles. The summed E-state index contributed by atoms with van der Waals surface area (Å²) in [5.74, 6) is 5.80. The van der Waals surface area contributed by atoms with E-state index < -0.39 is 0 Å². The zero-order valence-corrected chi connectivity index (χ0v) is 7.17. The van der Waals surface area contributed by atoms with Crippen LogP contribution in [-0.2, 0) is 4.79 Å². The maximum absolute atomic E-state index is 10.1. The predicted molar refractivity (Wildman–Crippen MR) is 49.4 cm³/mol. The van der Waals surface area contributed by atoms with Crippen molar-refractivity contribution in [1.29, 1.82) is 0 Å². The van der Waals surface area contributed by atoms with Crippen LogP contribution >= 0.6 is 11.8 Å². The minimum absolute atomic E-state index is 0.172. The largest absolute Gasteiger partial charge is 0.323 e. The van der Waals surface area contributed by atoms with Gasteiger partial charge in [-0.1, -0.05) is 0 Å². The first-order valence-electron chi connectivity index (χ1n) is 3.07. The number of thioether (sulfide) groups is 1. The Balaban J connectivity index is 3.63. The van der Waals surface area contributed by atoms with Gasteiger partial charge < -0.3 is 5.84 Å². The van der Waals surface area contributed by atoms with Crippen molar-refractivity contribution in [3.63, 3.8) is 0 Å². The Kier molecular flexibility index (Phi) is 6.71. The fourth-order valence-corrected chi connectivity index (χ4v) is 0.684. The normalized spacial score (nSPS) is 12.3. The van der Waals surface area contributed by atoms with Gasteiger partial charge in [0.2, 0.25) is 0 Å². The summed E-state index contributed by atoms with van der Waals surface area (Å²) in [6.45, 7) is 0.689. The highest BCUT2D eigenvalue weighted by atomic mass is 32.2. The number of carbonyl (C=O) groups is 1. The molecule has 0 aromatic rings. The Hall–Kier alpha value is -0.840. The molecule has 0 spiro atoms. The second-order valence-electron chi connectivity index (χ2n) is 1.70. The zero-order valence-electron chi connectivity index (χ0n) is 6.36. The lowest BCUT2D eigenvalue weighted by Gasteiger charge is -1.88. The summed E-state index contributed by atoms with van der Waals surface area (Å²) in [7, 11) is 0. The third kappa shape index (κ3) is 5.60. The maximum atomic E-state index is 10.1. The van der Waals surface area contributed by atoms with E-state index in [0.717, 1.165) is 5.75 Å². The van der Waals surface area contributed by atoms with Crippen molar-refractivity contribution in [2.45, 2.75) is 0 Å². The molecule has 0 radical (unpaired) electrons. The second kappa shape index (κ2) is 7.27. The van der Waals surface area contributed by atoms with Gasteiger partial charge in [-0.05, 0) is 6.26 Å². The molecule has 0 aromatic heterocycles. The Morgan fingerprint density at radius 3 is 2.91 bits per heavy atom. The minimum Gasteiger partial charge on any atom is -0.323 e. The van der Waals surface area contributed by atoms with Gasteiger partial charge >= 0.3 is 0 Å². The Labute approximate surface area is 69.9 Å². The standard InChI is InChI=1S/C6H11N3OS/c1-11-3-2-8-4-6(5-10)9-7/h4-5H,2-3,7H2,1H3. The van der Waals surface area contributed by atoms with E-state index in [1.54, 1.807) is 11.8 Å². The Morgan fingerprint density at radius 1 is 1.73 bits per heavy atom. The monoisotopic (exact) mass is 173 g/mol.